The summed E-state index contributed by atoms with van der Waals surface area (Å²) < 4.78 is 37.7. The highest BCUT2D eigenvalue weighted by atomic mass is 35.5. The molecule has 1 atom stereocenters. The zero-order valence-electron chi connectivity index (χ0n) is 9.80. The summed E-state index contributed by atoms with van der Waals surface area (Å²) in [6, 6.07) is 3.60. The highest BCUT2D eigenvalue weighted by Gasteiger charge is 2.33. The minimum absolute atomic E-state index is 0.215. The van der Waals surface area contributed by atoms with Crippen LogP contribution in [0.4, 0.5) is 13.2 Å². The molecule has 100 valence electrons. The van der Waals surface area contributed by atoms with Gasteiger partial charge in [0, 0.05) is 6.04 Å². The molecule has 1 saturated carbocycles. The number of hydrogen-bond donors (Lipinski definition) is 1. The van der Waals surface area contributed by atoms with Crippen LogP contribution in [0.15, 0.2) is 18.2 Å². The maximum atomic E-state index is 12.6. The minimum Gasteiger partial charge on any atom is -0.324 e. The van der Waals surface area contributed by atoms with Gasteiger partial charge in [-0.15, -0.1) is 0 Å². The highest BCUT2D eigenvalue weighted by Crippen LogP contribution is 2.38. The fourth-order valence-corrected chi connectivity index (χ4v) is 2.85. The van der Waals surface area contributed by atoms with Crippen LogP contribution in [0.5, 0.6) is 0 Å². The molecule has 0 saturated heterocycles. The first-order chi connectivity index (χ1) is 8.39. The van der Waals surface area contributed by atoms with Crippen LogP contribution in [-0.4, -0.2) is 0 Å². The van der Waals surface area contributed by atoms with E-state index >= 15 is 0 Å². The van der Waals surface area contributed by atoms with E-state index in [1.165, 1.54) is 12.1 Å². The average molecular weight is 278 g/mol. The van der Waals surface area contributed by atoms with Crippen molar-refractivity contribution in [2.75, 3.05) is 0 Å². The summed E-state index contributed by atoms with van der Waals surface area (Å²) in [5.74, 6) is 0.359. The number of alkyl halides is 3. The second-order valence-corrected chi connectivity index (χ2v) is 5.21. The first-order valence-electron chi connectivity index (χ1n) is 6.02. The largest absolute Gasteiger partial charge is 0.417 e. The van der Waals surface area contributed by atoms with Crippen molar-refractivity contribution in [2.45, 2.75) is 37.9 Å². The second-order valence-electron chi connectivity index (χ2n) is 4.81. The predicted molar refractivity (Wildman–Crippen MR) is 65.3 cm³/mol. The van der Waals surface area contributed by atoms with E-state index in [4.69, 9.17) is 17.3 Å². The molecule has 1 fully saturated rings. The summed E-state index contributed by atoms with van der Waals surface area (Å²) in [6.07, 6.45) is -0.0356. The quantitative estimate of drug-likeness (QED) is 0.843. The van der Waals surface area contributed by atoms with Gasteiger partial charge < -0.3 is 5.73 Å². The van der Waals surface area contributed by atoms with Crippen LogP contribution in [-0.2, 0) is 6.18 Å². The molecule has 0 aromatic heterocycles. The molecule has 0 aliphatic heterocycles. The lowest BCUT2D eigenvalue weighted by molar-refractivity contribution is -0.137. The van der Waals surface area contributed by atoms with Crippen LogP contribution in [0.25, 0.3) is 0 Å². The molecule has 0 bridgehead atoms. The van der Waals surface area contributed by atoms with Crippen molar-refractivity contribution in [2.24, 2.45) is 11.7 Å². The van der Waals surface area contributed by atoms with E-state index in [0.717, 1.165) is 31.7 Å². The Balaban J connectivity index is 2.23. The maximum absolute atomic E-state index is 12.6. The van der Waals surface area contributed by atoms with Crippen molar-refractivity contribution >= 4 is 11.6 Å². The minimum atomic E-state index is -4.41. The van der Waals surface area contributed by atoms with Crippen LogP contribution < -0.4 is 5.73 Å². The maximum Gasteiger partial charge on any atom is 0.417 e. The molecule has 0 heterocycles. The fourth-order valence-electron chi connectivity index (χ4n) is 2.56. The van der Waals surface area contributed by atoms with Crippen molar-refractivity contribution in [3.05, 3.63) is 34.3 Å². The van der Waals surface area contributed by atoms with E-state index < -0.39 is 11.7 Å². The van der Waals surface area contributed by atoms with E-state index in [1.54, 1.807) is 0 Å². The van der Waals surface area contributed by atoms with E-state index in [1.807, 2.05) is 0 Å². The third kappa shape index (κ3) is 2.81. The zero-order valence-corrected chi connectivity index (χ0v) is 10.6. The molecule has 0 spiro atoms. The summed E-state index contributed by atoms with van der Waals surface area (Å²) in [5.41, 5.74) is 5.98. The molecule has 0 unspecified atom stereocenters. The van der Waals surface area contributed by atoms with Gasteiger partial charge >= 0.3 is 6.18 Å². The van der Waals surface area contributed by atoms with Crippen molar-refractivity contribution in [3.8, 4) is 0 Å². The van der Waals surface area contributed by atoms with Gasteiger partial charge in [-0.1, -0.05) is 30.5 Å². The molecule has 1 aliphatic rings. The van der Waals surface area contributed by atoms with Gasteiger partial charge in [-0.25, -0.2) is 0 Å². The number of halogens is 4. The molecule has 5 heteroatoms. The third-order valence-electron chi connectivity index (χ3n) is 3.59. The Kier molecular flexibility index (Phi) is 3.87. The van der Waals surface area contributed by atoms with Crippen molar-refractivity contribution in [1.82, 2.24) is 0 Å². The van der Waals surface area contributed by atoms with Crippen LogP contribution in [0.1, 0.15) is 42.9 Å². The summed E-state index contributed by atoms with van der Waals surface area (Å²) >= 11 is 5.69. The molecule has 0 amide bonds. The number of hydrogen-bond acceptors (Lipinski definition) is 1. The van der Waals surface area contributed by atoms with E-state index in [-0.39, 0.29) is 11.1 Å². The molecular weight excluding hydrogens is 263 g/mol. The summed E-state index contributed by atoms with van der Waals surface area (Å²) in [5, 5.41) is -0.270. The SMILES string of the molecule is N[C@@H](c1ccc(C(F)(F)F)c(Cl)c1)C1CCCC1. The van der Waals surface area contributed by atoms with E-state index in [2.05, 4.69) is 0 Å². The summed E-state index contributed by atoms with van der Waals surface area (Å²) in [4.78, 5) is 0. The second kappa shape index (κ2) is 5.10. The first kappa shape index (κ1) is 13.7. The predicted octanol–water partition coefficient (Wildman–Crippen LogP) is 4.55. The topological polar surface area (TPSA) is 26.0 Å². The summed E-state index contributed by atoms with van der Waals surface area (Å²) in [6.45, 7) is 0. The molecule has 18 heavy (non-hydrogen) atoms. The lowest BCUT2D eigenvalue weighted by Gasteiger charge is -2.20. The third-order valence-corrected chi connectivity index (χ3v) is 3.90. The van der Waals surface area contributed by atoms with Gasteiger partial charge in [0.15, 0.2) is 0 Å². The molecule has 1 aromatic rings. The number of nitrogens with two attached hydrogens (primary N) is 1. The Morgan fingerprint density at radius 3 is 2.33 bits per heavy atom. The monoisotopic (exact) mass is 277 g/mol. The Morgan fingerprint density at radius 2 is 1.83 bits per heavy atom. The molecule has 2 N–H and O–H groups in total. The van der Waals surface area contributed by atoms with Crippen molar-refractivity contribution in [3.63, 3.8) is 0 Å². The van der Waals surface area contributed by atoms with Gasteiger partial charge in [-0.2, -0.15) is 13.2 Å². The van der Waals surface area contributed by atoms with Crippen LogP contribution in [0.3, 0.4) is 0 Å². The van der Waals surface area contributed by atoms with Crippen LogP contribution in [0.2, 0.25) is 5.02 Å². The molecule has 0 radical (unpaired) electrons. The van der Waals surface area contributed by atoms with Gasteiger partial charge in [-0.3, -0.25) is 0 Å². The van der Waals surface area contributed by atoms with Crippen LogP contribution in [0, 0.1) is 5.92 Å². The number of rotatable bonds is 2. The molecule has 1 aliphatic carbocycles. The van der Waals surface area contributed by atoms with Gasteiger partial charge in [0.25, 0.3) is 0 Å². The standard InChI is InChI=1S/C13H15ClF3N/c14-11-7-9(5-6-10(11)13(15,16)17)12(18)8-3-1-2-4-8/h5-8,12H,1-4,18H2/t12-/m1/s1. The first-order valence-corrected chi connectivity index (χ1v) is 6.39. The van der Waals surface area contributed by atoms with Crippen molar-refractivity contribution in [1.29, 1.82) is 0 Å². The van der Waals surface area contributed by atoms with Gasteiger partial charge in [0.2, 0.25) is 0 Å². The molecule has 1 nitrogen and oxygen atoms in total. The average Bonchev–Trinajstić information content (AvgIpc) is 2.79. The fraction of sp³-hybridized carbons (Fsp3) is 0.538. The highest BCUT2D eigenvalue weighted by molar-refractivity contribution is 6.31. The Hall–Kier alpha value is -0.740. The lowest BCUT2D eigenvalue weighted by atomic mass is 9.92. The Labute approximate surface area is 109 Å². The Morgan fingerprint density at radius 1 is 1.22 bits per heavy atom. The summed E-state index contributed by atoms with van der Waals surface area (Å²) in [7, 11) is 0. The van der Waals surface area contributed by atoms with Crippen molar-refractivity contribution < 1.29 is 13.2 Å². The molecule has 1 aromatic carbocycles. The van der Waals surface area contributed by atoms with Gasteiger partial charge in [-0.05, 0) is 36.5 Å². The normalized spacial score (nSPS) is 19.2. The molecular formula is C13H15ClF3N. The van der Waals surface area contributed by atoms with Gasteiger partial charge in [0.05, 0.1) is 10.6 Å². The number of benzene rings is 1. The Bertz CT molecular complexity index is 425. The lowest BCUT2D eigenvalue weighted by Crippen LogP contribution is -2.19. The smallest absolute Gasteiger partial charge is 0.324 e. The van der Waals surface area contributed by atoms with Gasteiger partial charge in [0.1, 0.15) is 0 Å². The van der Waals surface area contributed by atoms with Crippen LogP contribution >= 0.6 is 11.6 Å². The zero-order chi connectivity index (χ0) is 13.3. The molecule has 2 rings (SSSR count). The van der Waals surface area contributed by atoms with E-state index in [0.29, 0.717) is 11.5 Å². The van der Waals surface area contributed by atoms with E-state index in [9.17, 15) is 13.2 Å².